The molecular formula is C17H14O2. The minimum Gasteiger partial charge on any atom is -0.508 e. The molecule has 3 aromatic carbocycles. The second kappa shape index (κ2) is 4.32. The molecule has 0 saturated heterocycles. The van der Waals surface area contributed by atoms with Gasteiger partial charge in [-0.2, -0.15) is 0 Å². The Morgan fingerprint density at radius 3 is 2.11 bits per heavy atom. The number of aryl methyl sites for hydroxylation is 1. The lowest BCUT2D eigenvalue weighted by atomic mass is 9.99. The van der Waals surface area contributed by atoms with Crippen molar-refractivity contribution in [3.63, 3.8) is 0 Å². The molecule has 0 amide bonds. The minimum absolute atomic E-state index is 0.262. The van der Waals surface area contributed by atoms with Crippen molar-refractivity contribution in [3.8, 4) is 22.6 Å². The maximum atomic E-state index is 9.68. The second-order valence-corrected chi connectivity index (χ2v) is 4.75. The van der Waals surface area contributed by atoms with Crippen LogP contribution in [0.25, 0.3) is 21.9 Å². The van der Waals surface area contributed by atoms with Crippen LogP contribution in [0.4, 0.5) is 0 Å². The highest BCUT2D eigenvalue weighted by atomic mass is 16.3. The zero-order valence-corrected chi connectivity index (χ0v) is 10.6. The molecule has 0 unspecified atom stereocenters. The summed E-state index contributed by atoms with van der Waals surface area (Å²) < 4.78 is 0. The van der Waals surface area contributed by atoms with Crippen molar-refractivity contribution in [1.82, 2.24) is 0 Å². The quantitative estimate of drug-likeness (QED) is 0.678. The van der Waals surface area contributed by atoms with Crippen LogP contribution in [0.5, 0.6) is 11.5 Å². The van der Waals surface area contributed by atoms with Gasteiger partial charge in [-0.1, -0.05) is 24.3 Å². The standard InChI is InChI=1S/C17H14O2/c1-11-8-16(19)10-14-9-13(4-7-17(11)14)12-2-5-15(18)6-3-12/h2-10,18-19H,1H3. The predicted octanol–water partition coefficient (Wildman–Crippen LogP) is 4.23. The van der Waals surface area contributed by atoms with Crippen LogP contribution in [0, 0.1) is 6.92 Å². The van der Waals surface area contributed by atoms with Gasteiger partial charge in [0.1, 0.15) is 11.5 Å². The van der Waals surface area contributed by atoms with Crippen molar-refractivity contribution in [1.29, 1.82) is 0 Å². The molecule has 2 heteroatoms. The van der Waals surface area contributed by atoms with Gasteiger partial charge in [0, 0.05) is 0 Å². The molecule has 0 radical (unpaired) electrons. The first-order chi connectivity index (χ1) is 9.13. The topological polar surface area (TPSA) is 40.5 Å². The lowest BCUT2D eigenvalue weighted by Crippen LogP contribution is -1.82. The third-order valence-corrected chi connectivity index (χ3v) is 3.34. The molecule has 0 fully saturated rings. The van der Waals surface area contributed by atoms with E-state index in [4.69, 9.17) is 0 Å². The molecule has 0 aliphatic heterocycles. The Bertz CT molecular complexity index is 743. The summed E-state index contributed by atoms with van der Waals surface area (Å²) in [6, 6.07) is 16.8. The molecule has 0 bridgehead atoms. The van der Waals surface area contributed by atoms with Crippen LogP contribution in [-0.4, -0.2) is 10.2 Å². The summed E-state index contributed by atoms with van der Waals surface area (Å²) in [6.45, 7) is 1.99. The van der Waals surface area contributed by atoms with Gasteiger partial charge in [0.25, 0.3) is 0 Å². The number of rotatable bonds is 1. The summed E-state index contributed by atoms with van der Waals surface area (Å²) in [5.41, 5.74) is 3.17. The van der Waals surface area contributed by atoms with Crippen LogP contribution in [0.15, 0.2) is 54.6 Å². The van der Waals surface area contributed by atoms with E-state index in [0.29, 0.717) is 0 Å². The highest BCUT2D eigenvalue weighted by Crippen LogP contribution is 2.29. The highest BCUT2D eigenvalue weighted by Gasteiger charge is 2.03. The molecular weight excluding hydrogens is 236 g/mol. The number of fused-ring (bicyclic) bond motifs is 1. The van der Waals surface area contributed by atoms with Gasteiger partial charge < -0.3 is 10.2 Å². The molecule has 19 heavy (non-hydrogen) atoms. The minimum atomic E-state index is 0.262. The maximum Gasteiger partial charge on any atom is 0.116 e. The fraction of sp³-hybridized carbons (Fsp3) is 0.0588. The summed E-state index contributed by atoms with van der Waals surface area (Å²) >= 11 is 0. The number of phenols is 2. The van der Waals surface area contributed by atoms with Gasteiger partial charge in [-0.15, -0.1) is 0 Å². The monoisotopic (exact) mass is 250 g/mol. The summed E-state index contributed by atoms with van der Waals surface area (Å²) in [4.78, 5) is 0. The Hall–Kier alpha value is -2.48. The Morgan fingerprint density at radius 1 is 0.684 bits per heavy atom. The first-order valence-electron chi connectivity index (χ1n) is 6.16. The van der Waals surface area contributed by atoms with Gasteiger partial charge in [0.15, 0.2) is 0 Å². The molecule has 0 spiro atoms. The van der Waals surface area contributed by atoms with E-state index in [0.717, 1.165) is 27.5 Å². The van der Waals surface area contributed by atoms with Crippen LogP contribution in [-0.2, 0) is 0 Å². The van der Waals surface area contributed by atoms with E-state index in [2.05, 4.69) is 18.2 Å². The Morgan fingerprint density at radius 2 is 1.37 bits per heavy atom. The zero-order valence-electron chi connectivity index (χ0n) is 10.6. The third kappa shape index (κ3) is 2.13. The van der Waals surface area contributed by atoms with E-state index in [1.165, 1.54) is 0 Å². The fourth-order valence-electron chi connectivity index (χ4n) is 2.38. The Balaban J connectivity index is 2.18. The smallest absolute Gasteiger partial charge is 0.116 e. The maximum absolute atomic E-state index is 9.68. The number of benzene rings is 3. The van der Waals surface area contributed by atoms with Crippen molar-refractivity contribution in [2.24, 2.45) is 0 Å². The van der Waals surface area contributed by atoms with Crippen molar-refractivity contribution in [2.45, 2.75) is 6.92 Å². The molecule has 0 aromatic heterocycles. The lowest BCUT2D eigenvalue weighted by molar-refractivity contribution is 0.475. The van der Waals surface area contributed by atoms with Gasteiger partial charge in [-0.25, -0.2) is 0 Å². The lowest BCUT2D eigenvalue weighted by Gasteiger charge is -2.07. The fourth-order valence-corrected chi connectivity index (χ4v) is 2.38. The molecule has 2 nitrogen and oxygen atoms in total. The number of aromatic hydroxyl groups is 2. The van der Waals surface area contributed by atoms with Crippen molar-refractivity contribution < 1.29 is 10.2 Å². The summed E-state index contributed by atoms with van der Waals surface area (Å²) in [5.74, 6) is 0.547. The highest BCUT2D eigenvalue weighted by molar-refractivity contribution is 5.90. The zero-order chi connectivity index (χ0) is 13.4. The van der Waals surface area contributed by atoms with Gasteiger partial charge in [-0.05, 0) is 64.7 Å². The molecule has 3 rings (SSSR count). The SMILES string of the molecule is Cc1cc(O)cc2cc(-c3ccc(O)cc3)ccc12. The van der Waals surface area contributed by atoms with E-state index in [9.17, 15) is 10.2 Å². The van der Waals surface area contributed by atoms with Crippen LogP contribution in [0.2, 0.25) is 0 Å². The van der Waals surface area contributed by atoms with E-state index in [-0.39, 0.29) is 11.5 Å². The summed E-state index contributed by atoms with van der Waals surface area (Å²) in [5, 5.41) is 21.1. The van der Waals surface area contributed by atoms with E-state index in [1.807, 2.05) is 19.1 Å². The molecule has 2 N–H and O–H groups in total. The first-order valence-corrected chi connectivity index (χ1v) is 6.16. The van der Waals surface area contributed by atoms with Crippen LogP contribution in [0.3, 0.4) is 0 Å². The van der Waals surface area contributed by atoms with E-state index < -0.39 is 0 Å². The van der Waals surface area contributed by atoms with Gasteiger partial charge in [0.2, 0.25) is 0 Å². The summed E-state index contributed by atoms with van der Waals surface area (Å²) in [7, 11) is 0. The van der Waals surface area contributed by atoms with Gasteiger partial charge >= 0.3 is 0 Å². The van der Waals surface area contributed by atoms with Crippen LogP contribution < -0.4 is 0 Å². The van der Waals surface area contributed by atoms with Crippen LogP contribution >= 0.6 is 0 Å². The normalized spacial score (nSPS) is 10.8. The second-order valence-electron chi connectivity index (χ2n) is 4.75. The molecule has 0 aliphatic carbocycles. The van der Waals surface area contributed by atoms with Crippen molar-refractivity contribution >= 4 is 10.8 Å². The van der Waals surface area contributed by atoms with Crippen molar-refractivity contribution in [2.75, 3.05) is 0 Å². The summed E-state index contributed by atoms with van der Waals surface area (Å²) in [6.07, 6.45) is 0. The molecule has 0 heterocycles. The Labute approximate surface area is 111 Å². The number of phenolic OH excluding ortho intramolecular Hbond substituents is 2. The van der Waals surface area contributed by atoms with E-state index >= 15 is 0 Å². The Kier molecular flexibility index (Phi) is 2.64. The molecule has 0 saturated carbocycles. The first kappa shape index (κ1) is 11.6. The third-order valence-electron chi connectivity index (χ3n) is 3.34. The van der Waals surface area contributed by atoms with Gasteiger partial charge in [-0.3, -0.25) is 0 Å². The van der Waals surface area contributed by atoms with Crippen LogP contribution in [0.1, 0.15) is 5.56 Å². The molecule has 94 valence electrons. The average Bonchev–Trinajstić information content (AvgIpc) is 2.38. The number of hydrogen-bond donors (Lipinski definition) is 2. The molecule has 0 aliphatic rings. The van der Waals surface area contributed by atoms with Gasteiger partial charge in [0.05, 0.1) is 0 Å². The van der Waals surface area contributed by atoms with Crippen molar-refractivity contribution in [3.05, 3.63) is 60.2 Å². The van der Waals surface area contributed by atoms with E-state index in [1.54, 1.807) is 24.3 Å². The number of hydrogen-bond acceptors (Lipinski definition) is 2. The molecule has 0 atom stereocenters. The average molecular weight is 250 g/mol. The largest absolute Gasteiger partial charge is 0.508 e. The predicted molar refractivity (Wildman–Crippen MR) is 77.5 cm³/mol. The molecule has 3 aromatic rings.